The SMILES string of the molecule is Cn1nccc1S(=O)(=O)N1CC(O)CC1c1ccc(F)c(F)c1. The van der Waals surface area contributed by atoms with Crippen molar-refractivity contribution in [2.45, 2.75) is 23.6 Å². The molecule has 1 fully saturated rings. The molecule has 9 heteroatoms. The molecule has 2 unspecified atom stereocenters. The van der Waals surface area contributed by atoms with E-state index in [-0.39, 0.29) is 18.0 Å². The number of hydrogen-bond acceptors (Lipinski definition) is 4. The Morgan fingerprint density at radius 3 is 2.61 bits per heavy atom. The zero-order valence-corrected chi connectivity index (χ0v) is 13.0. The van der Waals surface area contributed by atoms with Crippen LogP contribution in [-0.2, 0) is 17.1 Å². The molecule has 2 heterocycles. The van der Waals surface area contributed by atoms with E-state index in [2.05, 4.69) is 5.10 Å². The highest BCUT2D eigenvalue weighted by molar-refractivity contribution is 7.89. The molecule has 1 saturated heterocycles. The van der Waals surface area contributed by atoms with Gasteiger partial charge in [0.2, 0.25) is 0 Å². The number of halogens is 2. The number of hydrogen-bond donors (Lipinski definition) is 1. The minimum Gasteiger partial charge on any atom is -0.392 e. The van der Waals surface area contributed by atoms with Crippen molar-refractivity contribution in [3.63, 3.8) is 0 Å². The molecule has 6 nitrogen and oxygen atoms in total. The largest absolute Gasteiger partial charge is 0.392 e. The third kappa shape index (κ3) is 2.75. The van der Waals surface area contributed by atoms with E-state index in [0.29, 0.717) is 5.56 Å². The van der Waals surface area contributed by atoms with Crippen LogP contribution in [0.4, 0.5) is 8.78 Å². The van der Waals surface area contributed by atoms with E-state index in [1.54, 1.807) is 0 Å². The molecule has 0 bridgehead atoms. The first kappa shape index (κ1) is 16.0. The van der Waals surface area contributed by atoms with E-state index in [1.807, 2.05) is 0 Å². The van der Waals surface area contributed by atoms with Gasteiger partial charge in [-0.1, -0.05) is 6.07 Å². The summed E-state index contributed by atoms with van der Waals surface area (Å²) in [5.74, 6) is -2.06. The van der Waals surface area contributed by atoms with Gasteiger partial charge < -0.3 is 5.11 Å². The van der Waals surface area contributed by atoms with Gasteiger partial charge in [-0.05, 0) is 30.2 Å². The van der Waals surface area contributed by atoms with E-state index in [0.717, 1.165) is 16.4 Å². The van der Waals surface area contributed by atoms with Gasteiger partial charge in [-0.15, -0.1) is 0 Å². The summed E-state index contributed by atoms with van der Waals surface area (Å²) in [7, 11) is -2.43. The average Bonchev–Trinajstić information content (AvgIpc) is 3.08. The highest BCUT2D eigenvalue weighted by Gasteiger charge is 2.41. The first-order chi connectivity index (χ1) is 10.8. The van der Waals surface area contributed by atoms with Crippen LogP contribution in [0.3, 0.4) is 0 Å². The van der Waals surface area contributed by atoms with Gasteiger partial charge in [-0.25, -0.2) is 17.2 Å². The standard InChI is InChI=1S/C14H15F2N3O3S/c1-18-14(4-5-17-18)23(21,22)19-8-10(20)7-13(19)9-2-3-11(15)12(16)6-9/h2-6,10,13,20H,7-8H2,1H3. The molecule has 1 aromatic carbocycles. The highest BCUT2D eigenvalue weighted by Crippen LogP contribution is 2.37. The Morgan fingerprint density at radius 2 is 2.00 bits per heavy atom. The van der Waals surface area contributed by atoms with Crippen molar-refractivity contribution in [2.24, 2.45) is 7.05 Å². The molecule has 0 amide bonds. The average molecular weight is 343 g/mol. The molecule has 0 saturated carbocycles. The van der Waals surface area contributed by atoms with Crippen LogP contribution in [-0.4, -0.2) is 40.3 Å². The fraction of sp³-hybridized carbons (Fsp3) is 0.357. The lowest BCUT2D eigenvalue weighted by Crippen LogP contribution is -2.33. The van der Waals surface area contributed by atoms with Gasteiger partial charge >= 0.3 is 0 Å². The second-order valence-corrected chi connectivity index (χ2v) is 7.28. The Bertz CT molecular complexity index is 838. The molecule has 0 radical (unpaired) electrons. The normalized spacial score (nSPS) is 22.6. The maximum atomic E-state index is 13.5. The molecule has 0 spiro atoms. The van der Waals surface area contributed by atoms with Gasteiger partial charge in [0.15, 0.2) is 16.7 Å². The zero-order chi connectivity index (χ0) is 16.8. The molecule has 23 heavy (non-hydrogen) atoms. The van der Waals surface area contributed by atoms with E-state index < -0.39 is 33.8 Å². The third-order valence-corrected chi connectivity index (χ3v) is 5.86. The molecule has 1 aromatic heterocycles. The predicted molar refractivity (Wildman–Crippen MR) is 76.8 cm³/mol. The highest BCUT2D eigenvalue weighted by atomic mass is 32.2. The van der Waals surface area contributed by atoms with E-state index in [1.165, 1.54) is 30.1 Å². The zero-order valence-electron chi connectivity index (χ0n) is 12.2. The molecule has 1 aliphatic heterocycles. The lowest BCUT2D eigenvalue weighted by molar-refractivity contribution is 0.188. The van der Waals surface area contributed by atoms with Crippen molar-refractivity contribution < 1.29 is 22.3 Å². The molecular formula is C14H15F2N3O3S. The first-order valence-corrected chi connectivity index (χ1v) is 8.37. The van der Waals surface area contributed by atoms with Gasteiger partial charge in [0.05, 0.1) is 18.3 Å². The molecule has 0 aliphatic carbocycles. The minimum absolute atomic E-state index is 0.0285. The van der Waals surface area contributed by atoms with Gasteiger partial charge in [-0.3, -0.25) is 4.68 Å². The Labute approximate surface area is 132 Å². The Kier molecular flexibility index (Phi) is 3.95. The summed E-state index contributed by atoms with van der Waals surface area (Å²) in [6.45, 7) is -0.114. The number of rotatable bonds is 3. The van der Waals surface area contributed by atoms with Crippen molar-refractivity contribution in [2.75, 3.05) is 6.54 Å². The molecule has 3 rings (SSSR count). The number of aromatic nitrogens is 2. The lowest BCUT2D eigenvalue weighted by atomic mass is 10.0. The van der Waals surface area contributed by atoms with Crippen LogP contribution < -0.4 is 0 Å². The number of benzene rings is 1. The quantitative estimate of drug-likeness (QED) is 0.909. The van der Waals surface area contributed by atoms with Crippen LogP contribution in [0.15, 0.2) is 35.5 Å². The van der Waals surface area contributed by atoms with Crippen LogP contribution in [0, 0.1) is 11.6 Å². The number of sulfonamides is 1. The molecular weight excluding hydrogens is 328 g/mol. The third-order valence-electron chi connectivity index (χ3n) is 3.91. The van der Waals surface area contributed by atoms with E-state index >= 15 is 0 Å². The summed E-state index contributed by atoms with van der Waals surface area (Å²) in [5, 5.41) is 13.7. The van der Waals surface area contributed by atoms with Crippen molar-refractivity contribution in [3.05, 3.63) is 47.7 Å². The number of aliphatic hydroxyl groups excluding tert-OH is 1. The van der Waals surface area contributed by atoms with Gasteiger partial charge in [-0.2, -0.15) is 9.40 Å². The summed E-state index contributed by atoms with van der Waals surface area (Å²) in [4.78, 5) is 0. The van der Waals surface area contributed by atoms with Crippen molar-refractivity contribution in [3.8, 4) is 0 Å². The summed E-state index contributed by atoms with van der Waals surface area (Å²) in [6, 6.07) is 3.82. The second-order valence-electron chi connectivity index (χ2n) is 5.45. The van der Waals surface area contributed by atoms with Crippen molar-refractivity contribution in [1.82, 2.24) is 14.1 Å². The second kappa shape index (κ2) is 5.66. The van der Waals surface area contributed by atoms with E-state index in [4.69, 9.17) is 0 Å². The lowest BCUT2D eigenvalue weighted by Gasteiger charge is -2.24. The summed E-state index contributed by atoms with van der Waals surface area (Å²) < 4.78 is 54.4. The maximum Gasteiger partial charge on any atom is 0.260 e. The smallest absolute Gasteiger partial charge is 0.260 e. The molecule has 2 aromatic rings. The predicted octanol–water partition coefficient (Wildman–Crippen LogP) is 1.19. The van der Waals surface area contributed by atoms with Crippen molar-refractivity contribution >= 4 is 10.0 Å². The summed E-state index contributed by atoms with van der Waals surface area (Å²) in [6.07, 6.45) is 0.588. The Morgan fingerprint density at radius 1 is 1.26 bits per heavy atom. The van der Waals surface area contributed by atoms with Crippen LogP contribution in [0.1, 0.15) is 18.0 Å². The maximum absolute atomic E-state index is 13.5. The van der Waals surface area contributed by atoms with Gasteiger partial charge in [0.25, 0.3) is 10.0 Å². The van der Waals surface area contributed by atoms with Gasteiger partial charge in [0, 0.05) is 13.6 Å². The minimum atomic E-state index is -3.92. The summed E-state index contributed by atoms with van der Waals surface area (Å²) in [5.41, 5.74) is 0.297. The van der Waals surface area contributed by atoms with E-state index in [9.17, 15) is 22.3 Å². The van der Waals surface area contributed by atoms with Gasteiger partial charge in [0.1, 0.15) is 0 Å². The number of aliphatic hydroxyl groups is 1. The van der Waals surface area contributed by atoms with Crippen LogP contribution in [0.25, 0.3) is 0 Å². The topological polar surface area (TPSA) is 75.4 Å². The molecule has 1 aliphatic rings. The molecule has 1 N–H and O–H groups in total. The van der Waals surface area contributed by atoms with Crippen molar-refractivity contribution in [1.29, 1.82) is 0 Å². The molecule has 124 valence electrons. The van der Waals surface area contributed by atoms with Crippen LogP contribution in [0.2, 0.25) is 0 Å². The van der Waals surface area contributed by atoms with Crippen LogP contribution >= 0.6 is 0 Å². The number of aryl methyl sites for hydroxylation is 1. The fourth-order valence-corrected chi connectivity index (χ4v) is 4.57. The Balaban J connectivity index is 2.03. The van der Waals surface area contributed by atoms with Crippen LogP contribution in [0.5, 0.6) is 0 Å². The Hall–Kier alpha value is -1.84. The summed E-state index contributed by atoms with van der Waals surface area (Å²) >= 11 is 0. The number of nitrogens with zero attached hydrogens (tertiary/aromatic N) is 3. The molecule has 2 atom stereocenters. The monoisotopic (exact) mass is 343 g/mol. The first-order valence-electron chi connectivity index (χ1n) is 6.93. The fourth-order valence-electron chi connectivity index (χ4n) is 2.81. The number of β-amino-alcohol motifs (C(OH)–C–C–N with tert-alkyl or cyclic N) is 1.